The van der Waals surface area contributed by atoms with Crippen molar-refractivity contribution in [1.82, 2.24) is 0 Å². The number of anilines is 3. The predicted molar refractivity (Wildman–Crippen MR) is 301 cm³/mol. The quantitative estimate of drug-likeness (QED) is 0.0131. The Hall–Kier alpha value is -7.50. The van der Waals surface area contributed by atoms with Crippen LogP contribution in [0.4, 0.5) is 17.1 Å². The number of unbranched alkanes of at least 4 members (excludes halogenated alkanes) is 3. The Kier molecular flexibility index (Phi) is 21.2. The third kappa shape index (κ3) is 15.3. The summed E-state index contributed by atoms with van der Waals surface area (Å²) in [6.45, 7) is 1.17. The van der Waals surface area contributed by atoms with Gasteiger partial charge in [-0.3, -0.25) is 28.8 Å². The molecule has 0 radical (unpaired) electrons. The molecular weight excluding hydrogens is 955 g/mol. The number of carbonyl (C=O) groups excluding carboxylic acids is 6. The summed E-state index contributed by atoms with van der Waals surface area (Å²) in [7, 11) is 0. The van der Waals surface area contributed by atoms with E-state index in [1.165, 1.54) is 0 Å². The van der Waals surface area contributed by atoms with Crippen LogP contribution in [0.5, 0.6) is 0 Å². The zero-order valence-corrected chi connectivity index (χ0v) is 43.2. The van der Waals surface area contributed by atoms with E-state index < -0.39 is 57.6 Å². The standard InChI is InChI=1S/C61H73N9O6/c62-37-13-10-34-59(65,52(71)40-43-16-4-1-5-17-43)56(74)68-49-28-22-46(23-29-49)55(47-24-30-50(31-25-47)69-57(75)60(66,35-11-14-38-63)53(72)41-44-18-6-2-7-19-44)48-26-32-51(33-27-48)70-58(76)61(67,36-12-15-39-64)54(73)42-45-20-8-3-9-21-45/h1-9,16-33,55H,10-15,34-42,62-67H2,(H,68,74)(H,69,75)(H,70,76)/t59-,60-,61-/m0/s1. The number of hydrogen-bond acceptors (Lipinski definition) is 12. The second-order valence-electron chi connectivity index (χ2n) is 19.6. The maximum atomic E-state index is 14.0. The van der Waals surface area contributed by atoms with Crippen LogP contribution in [0, 0.1) is 0 Å². The van der Waals surface area contributed by atoms with E-state index in [0.717, 1.165) is 33.4 Å². The number of carbonyl (C=O) groups is 6. The first kappa shape index (κ1) is 57.8. The lowest BCUT2D eigenvalue weighted by atomic mass is 9.84. The summed E-state index contributed by atoms with van der Waals surface area (Å²) in [6, 6.07) is 49.0. The van der Waals surface area contributed by atoms with Crippen molar-refractivity contribution in [3.63, 3.8) is 0 Å². The van der Waals surface area contributed by atoms with Crippen molar-refractivity contribution in [3.05, 3.63) is 197 Å². The van der Waals surface area contributed by atoms with Crippen LogP contribution in [0.2, 0.25) is 0 Å². The van der Waals surface area contributed by atoms with Gasteiger partial charge in [0.15, 0.2) is 34.0 Å². The molecule has 0 spiro atoms. The van der Waals surface area contributed by atoms with Crippen LogP contribution in [0.1, 0.15) is 97.1 Å². The highest BCUT2D eigenvalue weighted by atomic mass is 16.2. The molecule has 0 aliphatic carbocycles. The number of rotatable bonds is 30. The van der Waals surface area contributed by atoms with Gasteiger partial charge in [0.25, 0.3) is 17.7 Å². The first-order chi connectivity index (χ1) is 36.6. The molecule has 0 unspecified atom stereocenters. The molecule has 398 valence electrons. The summed E-state index contributed by atoms with van der Waals surface area (Å²) in [4.78, 5) is 83.4. The monoisotopic (exact) mass is 1030 g/mol. The molecule has 0 aromatic heterocycles. The van der Waals surface area contributed by atoms with E-state index in [2.05, 4.69) is 16.0 Å². The molecule has 76 heavy (non-hydrogen) atoms. The highest BCUT2D eigenvalue weighted by Crippen LogP contribution is 2.35. The fourth-order valence-corrected chi connectivity index (χ4v) is 9.18. The third-order valence-corrected chi connectivity index (χ3v) is 13.9. The van der Waals surface area contributed by atoms with Crippen LogP contribution < -0.4 is 50.4 Å². The van der Waals surface area contributed by atoms with Gasteiger partial charge in [-0.2, -0.15) is 0 Å². The fourth-order valence-electron chi connectivity index (χ4n) is 9.18. The predicted octanol–water partition coefficient (Wildman–Crippen LogP) is 6.60. The SMILES string of the molecule is NCCCC[C@](N)(C(=O)Cc1ccccc1)C(=O)Nc1ccc(C(c2ccc(NC(=O)[C@](N)(CCCCN)C(=O)Cc3ccccc3)cc2)c2ccc(NC(=O)[C@](N)(CCCCN)C(=O)Cc3ccccc3)cc2)cc1. The number of nitrogens with two attached hydrogens (primary N) is 6. The Morgan fingerprint density at radius 1 is 0.342 bits per heavy atom. The van der Waals surface area contributed by atoms with Gasteiger partial charge in [-0.05, 0) is 147 Å². The number of Topliss-reactive ketones (excluding diaryl/α,β-unsaturated/α-hetero) is 3. The lowest BCUT2D eigenvalue weighted by molar-refractivity contribution is -0.134. The maximum absolute atomic E-state index is 14.0. The summed E-state index contributed by atoms with van der Waals surface area (Å²) >= 11 is 0. The molecule has 0 bridgehead atoms. The van der Waals surface area contributed by atoms with E-state index in [-0.39, 0.29) is 38.5 Å². The summed E-state index contributed by atoms with van der Waals surface area (Å²) < 4.78 is 0. The Morgan fingerprint density at radius 3 is 0.803 bits per heavy atom. The number of benzene rings is 6. The van der Waals surface area contributed by atoms with Gasteiger partial charge in [0.2, 0.25) is 0 Å². The Bertz CT molecular complexity index is 2540. The van der Waals surface area contributed by atoms with Crippen LogP contribution in [0.25, 0.3) is 0 Å². The van der Waals surface area contributed by atoms with Gasteiger partial charge >= 0.3 is 0 Å². The highest BCUT2D eigenvalue weighted by molar-refractivity contribution is 6.17. The molecule has 6 rings (SSSR count). The van der Waals surface area contributed by atoms with Crippen molar-refractivity contribution in [3.8, 4) is 0 Å². The summed E-state index contributed by atoms with van der Waals surface area (Å²) in [6.07, 6.45) is 3.53. The number of ketones is 3. The van der Waals surface area contributed by atoms with Crippen LogP contribution in [0.3, 0.4) is 0 Å². The van der Waals surface area contributed by atoms with Gasteiger partial charge in [-0.25, -0.2) is 0 Å². The van der Waals surface area contributed by atoms with Crippen LogP contribution in [-0.2, 0) is 48.0 Å². The van der Waals surface area contributed by atoms with Crippen LogP contribution >= 0.6 is 0 Å². The number of amides is 3. The molecule has 3 atom stereocenters. The highest BCUT2D eigenvalue weighted by Gasteiger charge is 2.43. The zero-order valence-electron chi connectivity index (χ0n) is 43.2. The van der Waals surface area contributed by atoms with E-state index in [4.69, 9.17) is 34.4 Å². The van der Waals surface area contributed by atoms with E-state index in [1.54, 1.807) is 36.4 Å². The van der Waals surface area contributed by atoms with Crippen molar-refractivity contribution in [2.24, 2.45) is 34.4 Å². The summed E-state index contributed by atoms with van der Waals surface area (Å²) in [5, 5.41) is 8.68. The second-order valence-corrected chi connectivity index (χ2v) is 19.6. The number of hydrogen-bond donors (Lipinski definition) is 9. The minimum Gasteiger partial charge on any atom is -0.330 e. The largest absolute Gasteiger partial charge is 0.330 e. The Balaban J connectivity index is 1.29. The Morgan fingerprint density at radius 2 is 0.579 bits per heavy atom. The molecule has 0 saturated heterocycles. The number of nitrogens with one attached hydrogen (secondary N) is 3. The minimum atomic E-state index is -1.81. The van der Waals surface area contributed by atoms with Gasteiger partial charge in [-0.1, -0.05) is 127 Å². The topological polar surface area (TPSA) is 295 Å². The molecule has 0 heterocycles. The van der Waals surface area contributed by atoms with Gasteiger partial charge in [-0.15, -0.1) is 0 Å². The zero-order chi connectivity index (χ0) is 54.6. The van der Waals surface area contributed by atoms with Crippen molar-refractivity contribution in [1.29, 1.82) is 0 Å². The third-order valence-electron chi connectivity index (χ3n) is 13.9. The normalized spacial score (nSPS) is 13.6. The van der Waals surface area contributed by atoms with Crippen molar-refractivity contribution in [2.75, 3.05) is 35.6 Å². The van der Waals surface area contributed by atoms with Crippen molar-refractivity contribution >= 4 is 52.1 Å². The molecule has 0 fully saturated rings. The molecule has 6 aromatic carbocycles. The van der Waals surface area contributed by atoms with Crippen molar-refractivity contribution in [2.45, 2.75) is 99.6 Å². The minimum absolute atomic E-state index is 0.0124. The molecular formula is C61H73N9O6. The molecule has 15 heteroatoms. The van der Waals surface area contributed by atoms with E-state index in [0.29, 0.717) is 75.2 Å². The molecule has 15 N–H and O–H groups in total. The Labute approximate surface area is 445 Å². The average molecular weight is 1030 g/mol. The van der Waals surface area contributed by atoms with Gasteiger partial charge < -0.3 is 50.4 Å². The van der Waals surface area contributed by atoms with Crippen LogP contribution in [0.15, 0.2) is 164 Å². The first-order valence-electron chi connectivity index (χ1n) is 26.1. The maximum Gasteiger partial charge on any atom is 0.252 e. The lowest BCUT2D eigenvalue weighted by Gasteiger charge is -2.28. The molecule has 0 aliphatic rings. The smallest absolute Gasteiger partial charge is 0.252 e. The summed E-state index contributed by atoms with van der Waals surface area (Å²) in [5.74, 6) is -3.56. The second kappa shape index (κ2) is 27.9. The fraction of sp³-hybridized carbons (Fsp3) is 0.311. The van der Waals surface area contributed by atoms with Gasteiger partial charge in [0.05, 0.1) is 0 Å². The molecule has 3 amide bonds. The molecule has 0 saturated carbocycles. The first-order valence-corrected chi connectivity index (χ1v) is 26.1. The van der Waals surface area contributed by atoms with E-state index >= 15 is 0 Å². The van der Waals surface area contributed by atoms with Gasteiger partial charge in [0, 0.05) is 42.2 Å². The molecule has 6 aromatic rings. The average Bonchev–Trinajstić information content (AvgIpc) is 3.43. The van der Waals surface area contributed by atoms with E-state index in [9.17, 15) is 28.8 Å². The molecule has 0 aliphatic heterocycles. The van der Waals surface area contributed by atoms with E-state index in [1.807, 2.05) is 127 Å². The lowest BCUT2D eigenvalue weighted by Crippen LogP contribution is -2.58. The van der Waals surface area contributed by atoms with Crippen molar-refractivity contribution < 1.29 is 28.8 Å². The van der Waals surface area contributed by atoms with Crippen LogP contribution in [-0.4, -0.2) is 71.3 Å². The summed E-state index contributed by atoms with van der Waals surface area (Å²) in [5.41, 5.74) is 37.9. The molecule has 15 nitrogen and oxygen atoms in total. The van der Waals surface area contributed by atoms with Gasteiger partial charge in [0.1, 0.15) is 0 Å².